The normalized spacial score (nSPS) is 10.6. The number of hydrogen-bond acceptors (Lipinski definition) is 4. The van der Waals surface area contributed by atoms with E-state index in [1.807, 2.05) is 43.5 Å². The zero-order chi connectivity index (χ0) is 14.5. The van der Waals surface area contributed by atoms with Gasteiger partial charge in [0.25, 0.3) is 0 Å². The molecule has 0 radical (unpaired) electrons. The maximum atomic E-state index is 11.7. The van der Waals surface area contributed by atoms with Crippen LogP contribution in [0.1, 0.15) is 20.3 Å². The molecule has 20 heavy (non-hydrogen) atoms. The van der Waals surface area contributed by atoms with Gasteiger partial charge in [-0.3, -0.25) is 4.79 Å². The summed E-state index contributed by atoms with van der Waals surface area (Å²) < 4.78 is 5.20. The number of aromatic nitrogens is 1. The molecule has 2 rings (SSSR count). The molecule has 0 atom stereocenters. The van der Waals surface area contributed by atoms with Gasteiger partial charge in [-0.2, -0.15) is 0 Å². The number of nitrogens with one attached hydrogen (secondary N) is 1. The van der Waals surface area contributed by atoms with Crippen LogP contribution in [-0.4, -0.2) is 18.0 Å². The molecule has 0 aliphatic carbocycles. The Kier molecular flexibility index (Phi) is 4.74. The molecule has 1 aromatic carbocycles. The van der Waals surface area contributed by atoms with Gasteiger partial charge in [0.05, 0.1) is 12.8 Å². The molecule has 0 spiro atoms. The topological polar surface area (TPSA) is 51.2 Å². The van der Waals surface area contributed by atoms with Gasteiger partial charge in [-0.1, -0.05) is 26.0 Å². The van der Waals surface area contributed by atoms with Gasteiger partial charge >= 0.3 is 0 Å². The largest absolute Gasteiger partial charge is 0.497 e. The molecule has 0 aliphatic heterocycles. The first-order valence-corrected chi connectivity index (χ1v) is 7.36. The highest BCUT2D eigenvalue weighted by molar-refractivity contribution is 7.14. The van der Waals surface area contributed by atoms with Crippen LogP contribution in [0.4, 0.5) is 5.13 Å². The van der Waals surface area contributed by atoms with E-state index in [9.17, 15) is 4.79 Å². The van der Waals surface area contributed by atoms with E-state index in [1.165, 1.54) is 11.3 Å². The number of ether oxygens (including phenoxy) is 1. The highest BCUT2D eigenvalue weighted by atomic mass is 32.1. The van der Waals surface area contributed by atoms with E-state index in [-0.39, 0.29) is 5.91 Å². The first-order chi connectivity index (χ1) is 9.58. The highest BCUT2D eigenvalue weighted by Crippen LogP contribution is 2.27. The monoisotopic (exact) mass is 290 g/mol. The fourth-order valence-electron chi connectivity index (χ4n) is 1.79. The number of amides is 1. The van der Waals surface area contributed by atoms with Crippen molar-refractivity contribution in [1.82, 2.24) is 4.98 Å². The summed E-state index contributed by atoms with van der Waals surface area (Å²) in [4.78, 5) is 16.1. The van der Waals surface area contributed by atoms with Crippen molar-refractivity contribution in [3.05, 3.63) is 29.6 Å². The summed E-state index contributed by atoms with van der Waals surface area (Å²) in [6.45, 7) is 4.03. The Labute approximate surface area is 122 Å². The smallest absolute Gasteiger partial charge is 0.226 e. The molecule has 0 aliphatic rings. The molecule has 0 saturated carbocycles. The lowest BCUT2D eigenvalue weighted by molar-refractivity contribution is -0.116. The molecule has 0 fully saturated rings. The summed E-state index contributed by atoms with van der Waals surface area (Å²) >= 11 is 1.43. The minimum Gasteiger partial charge on any atom is -0.497 e. The fraction of sp³-hybridized carbons (Fsp3) is 0.333. The van der Waals surface area contributed by atoms with Crippen LogP contribution in [0.5, 0.6) is 5.75 Å². The summed E-state index contributed by atoms with van der Waals surface area (Å²) in [5, 5.41) is 5.39. The second kappa shape index (κ2) is 6.52. The van der Waals surface area contributed by atoms with Gasteiger partial charge in [0, 0.05) is 17.4 Å². The van der Waals surface area contributed by atoms with Crippen LogP contribution < -0.4 is 10.1 Å². The molecule has 1 heterocycles. The van der Waals surface area contributed by atoms with Gasteiger partial charge in [0.1, 0.15) is 5.75 Å². The standard InChI is InChI=1S/C15H18N2O2S/c1-10(2)7-14(18)17-15-16-13(9-20-15)11-5-4-6-12(8-11)19-3/h4-6,8-10H,7H2,1-3H3,(H,16,17,18). The van der Waals surface area contributed by atoms with E-state index in [2.05, 4.69) is 10.3 Å². The SMILES string of the molecule is COc1cccc(-c2csc(NC(=O)CC(C)C)n2)c1. The third kappa shape index (κ3) is 3.81. The van der Waals surface area contributed by atoms with Crippen LogP contribution in [-0.2, 0) is 4.79 Å². The van der Waals surface area contributed by atoms with Gasteiger partial charge in [0.2, 0.25) is 5.91 Å². The van der Waals surface area contributed by atoms with E-state index in [1.54, 1.807) is 7.11 Å². The Hall–Kier alpha value is -1.88. The van der Waals surface area contributed by atoms with Gasteiger partial charge in [0.15, 0.2) is 5.13 Å². The second-order valence-corrected chi connectivity index (χ2v) is 5.77. The summed E-state index contributed by atoms with van der Waals surface area (Å²) in [5.74, 6) is 1.14. The Morgan fingerprint density at radius 2 is 2.25 bits per heavy atom. The average Bonchev–Trinajstić information content (AvgIpc) is 2.86. The molecule has 1 aromatic heterocycles. The molecule has 4 nitrogen and oxygen atoms in total. The van der Waals surface area contributed by atoms with Crippen LogP contribution in [0.25, 0.3) is 11.3 Å². The molecule has 0 bridgehead atoms. The number of nitrogens with zero attached hydrogens (tertiary/aromatic N) is 1. The third-order valence-electron chi connectivity index (χ3n) is 2.71. The number of thiazole rings is 1. The van der Waals surface area contributed by atoms with Crippen LogP contribution in [0, 0.1) is 5.92 Å². The Morgan fingerprint density at radius 1 is 1.45 bits per heavy atom. The van der Waals surface area contributed by atoms with Crippen molar-refractivity contribution in [3.63, 3.8) is 0 Å². The predicted molar refractivity (Wildman–Crippen MR) is 82.2 cm³/mol. The number of anilines is 1. The van der Waals surface area contributed by atoms with Crippen molar-refractivity contribution in [2.24, 2.45) is 5.92 Å². The molecular weight excluding hydrogens is 272 g/mol. The minimum absolute atomic E-state index is 0.00606. The second-order valence-electron chi connectivity index (χ2n) is 4.92. The van der Waals surface area contributed by atoms with Crippen molar-refractivity contribution >= 4 is 22.4 Å². The lowest BCUT2D eigenvalue weighted by atomic mass is 10.1. The van der Waals surface area contributed by atoms with Crippen molar-refractivity contribution in [2.75, 3.05) is 12.4 Å². The van der Waals surface area contributed by atoms with Crippen molar-refractivity contribution in [2.45, 2.75) is 20.3 Å². The summed E-state index contributed by atoms with van der Waals surface area (Å²) in [5.41, 5.74) is 1.82. The van der Waals surface area contributed by atoms with Crippen LogP contribution in [0.15, 0.2) is 29.6 Å². The van der Waals surface area contributed by atoms with E-state index < -0.39 is 0 Å². The number of rotatable bonds is 5. The quantitative estimate of drug-likeness (QED) is 0.911. The molecule has 5 heteroatoms. The summed E-state index contributed by atoms with van der Waals surface area (Å²) in [7, 11) is 1.64. The van der Waals surface area contributed by atoms with Crippen LogP contribution in [0.3, 0.4) is 0 Å². The number of hydrogen-bond donors (Lipinski definition) is 1. The van der Waals surface area contributed by atoms with Gasteiger partial charge < -0.3 is 10.1 Å². The van der Waals surface area contributed by atoms with Crippen molar-refractivity contribution in [1.29, 1.82) is 0 Å². The predicted octanol–water partition coefficient (Wildman–Crippen LogP) is 3.80. The van der Waals surface area contributed by atoms with Crippen molar-refractivity contribution in [3.8, 4) is 17.0 Å². The van der Waals surface area contributed by atoms with Gasteiger partial charge in [-0.25, -0.2) is 4.98 Å². The maximum Gasteiger partial charge on any atom is 0.226 e. The zero-order valence-electron chi connectivity index (χ0n) is 11.8. The highest BCUT2D eigenvalue weighted by Gasteiger charge is 2.09. The molecule has 106 valence electrons. The number of benzene rings is 1. The van der Waals surface area contributed by atoms with Crippen LogP contribution in [0.2, 0.25) is 0 Å². The molecular formula is C15H18N2O2S. The molecule has 1 N–H and O–H groups in total. The van der Waals surface area contributed by atoms with E-state index in [4.69, 9.17) is 4.74 Å². The maximum absolute atomic E-state index is 11.7. The third-order valence-corrected chi connectivity index (χ3v) is 3.47. The van der Waals surface area contributed by atoms with Crippen LogP contribution >= 0.6 is 11.3 Å². The van der Waals surface area contributed by atoms with E-state index in [0.29, 0.717) is 17.5 Å². The van der Waals surface area contributed by atoms with Gasteiger partial charge in [-0.05, 0) is 18.1 Å². The fourth-order valence-corrected chi connectivity index (χ4v) is 2.52. The minimum atomic E-state index is 0.00606. The summed E-state index contributed by atoms with van der Waals surface area (Å²) in [6, 6.07) is 7.71. The average molecular weight is 290 g/mol. The molecule has 0 unspecified atom stereocenters. The number of methoxy groups -OCH3 is 1. The lowest BCUT2D eigenvalue weighted by Crippen LogP contribution is -2.13. The lowest BCUT2D eigenvalue weighted by Gasteiger charge is -2.04. The first-order valence-electron chi connectivity index (χ1n) is 6.48. The summed E-state index contributed by atoms with van der Waals surface area (Å²) in [6.07, 6.45) is 0.508. The molecule has 2 aromatic rings. The Balaban J connectivity index is 2.10. The van der Waals surface area contributed by atoms with E-state index >= 15 is 0 Å². The number of carbonyl (C=O) groups is 1. The van der Waals surface area contributed by atoms with Crippen molar-refractivity contribution < 1.29 is 9.53 Å². The Bertz CT molecular complexity index is 593. The van der Waals surface area contributed by atoms with E-state index in [0.717, 1.165) is 17.0 Å². The first kappa shape index (κ1) is 14.5. The van der Waals surface area contributed by atoms with Gasteiger partial charge in [-0.15, -0.1) is 11.3 Å². The number of carbonyl (C=O) groups excluding carboxylic acids is 1. The zero-order valence-corrected chi connectivity index (χ0v) is 12.7. The molecule has 0 saturated heterocycles. The Morgan fingerprint density at radius 3 is 2.95 bits per heavy atom. The molecule has 1 amide bonds.